The Hall–Kier alpha value is -2.19. The number of fused-ring (bicyclic) bond motifs is 1. The Kier molecular flexibility index (Phi) is 9.90. The molecule has 1 N–H and O–H groups in total. The van der Waals surface area contributed by atoms with Crippen molar-refractivity contribution >= 4 is 23.5 Å². The number of ether oxygens (including phenoxy) is 1. The van der Waals surface area contributed by atoms with Gasteiger partial charge in [0.1, 0.15) is 6.04 Å². The molecule has 2 aromatic rings. The largest absolute Gasteiger partial charge is 1.00 e. The van der Waals surface area contributed by atoms with Gasteiger partial charge < -0.3 is 19.5 Å². The van der Waals surface area contributed by atoms with Gasteiger partial charge in [-0.15, -0.1) is 0 Å². The molecule has 1 aliphatic heterocycles. The molecule has 0 aromatic heterocycles. The van der Waals surface area contributed by atoms with E-state index in [4.69, 9.17) is 4.74 Å². The maximum atomic E-state index is 13.2. The molecule has 3 atom stereocenters. The van der Waals surface area contributed by atoms with Gasteiger partial charge in [0.25, 0.3) is 0 Å². The number of nitrogens with zero attached hydrogens (tertiary/aromatic N) is 1. The first kappa shape index (κ1) is 26.1. The first-order valence-corrected chi connectivity index (χ1v) is 10.5. The molecule has 0 bridgehead atoms. The average Bonchev–Trinajstić information content (AvgIpc) is 3.16. The van der Waals surface area contributed by atoms with E-state index < -0.39 is 36.0 Å². The number of anilines is 1. The van der Waals surface area contributed by atoms with Crippen molar-refractivity contribution in [3.63, 3.8) is 0 Å². The first-order chi connectivity index (χ1) is 14.9. The third-order valence-corrected chi connectivity index (χ3v) is 5.44. The topological polar surface area (TPSA) is 98.8 Å². The summed E-state index contributed by atoms with van der Waals surface area (Å²) in [6.45, 7) is 3.59. The molecule has 164 valence electrons. The molecule has 1 amide bonds. The number of nitrogens with one attached hydrogen (secondary N) is 1. The van der Waals surface area contributed by atoms with Gasteiger partial charge in [0, 0.05) is 12.1 Å². The second-order valence-corrected chi connectivity index (χ2v) is 7.59. The van der Waals surface area contributed by atoms with Crippen LogP contribution in [-0.2, 0) is 32.0 Å². The smallest absolute Gasteiger partial charge is 0.548 e. The zero-order chi connectivity index (χ0) is 22.4. The van der Waals surface area contributed by atoms with E-state index in [1.807, 2.05) is 30.3 Å². The van der Waals surface area contributed by atoms with Crippen LogP contribution in [0.3, 0.4) is 0 Å². The predicted molar refractivity (Wildman–Crippen MR) is 114 cm³/mol. The Labute approximate surface area is 210 Å². The molecule has 32 heavy (non-hydrogen) atoms. The number of carbonyl (C=O) groups excluding carboxylic acids is 3. The maximum Gasteiger partial charge on any atom is 1.00 e. The zero-order valence-corrected chi connectivity index (χ0v) is 20.7. The van der Waals surface area contributed by atoms with Crippen LogP contribution in [0.2, 0.25) is 0 Å². The van der Waals surface area contributed by atoms with Crippen LogP contribution < -0.4 is 44.9 Å². The van der Waals surface area contributed by atoms with Gasteiger partial charge in [0.2, 0.25) is 5.91 Å². The summed E-state index contributed by atoms with van der Waals surface area (Å²) < 4.78 is 5.18. The fourth-order valence-electron chi connectivity index (χ4n) is 3.90. The van der Waals surface area contributed by atoms with E-state index in [0.717, 1.165) is 11.1 Å². The second-order valence-electron chi connectivity index (χ2n) is 7.59. The minimum absolute atomic E-state index is 0. The molecule has 8 heteroatoms. The van der Waals surface area contributed by atoms with Gasteiger partial charge in [-0.1, -0.05) is 48.5 Å². The van der Waals surface area contributed by atoms with Crippen LogP contribution in [0.5, 0.6) is 0 Å². The third kappa shape index (κ3) is 6.19. The van der Waals surface area contributed by atoms with E-state index >= 15 is 0 Å². The number of benzene rings is 2. The summed E-state index contributed by atoms with van der Waals surface area (Å²) in [6, 6.07) is 14.3. The van der Waals surface area contributed by atoms with Crippen molar-refractivity contribution < 1.29 is 53.8 Å². The quantitative estimate of drug-likeness (QED) is 0.362. The van der Waals surface area contributed by atoms with Crippen LogP contribution in [0.15, 0.2) is 54.6 Å². The second kappa shape index (κ2) is 12.2. The summed E-state index contributed by atoms with van der Waals surface area (Å²) in [7, 11) is 0. The average molecular weight is 446 g/mol. The van der Waals surface area contributed by atoms with Gasteiger partial charge in [-0.25, -0.2) is 0 Å². The van der Waals surface area contributed by atoms with E-state index in [0.29, 0.717) is 18.5 Å². The first-order valence-electron chi connectivity index (χ1n) is 10.5. The molecule has 0 saturated carbocycles. The van der Waals surface area contributed by atoms with Gasteiger partial charge in [0.15, 0.2) is 0 Å². The number of hydrogen-bond donors (Lipinski definition) is 1. The maximum absolute atomic E-state index is 13.2. The number of para-hydroxylation sites is 1. The summed E-state index contributed by atoms with van der Waals surface area (Å²) >= 11 is 0. The van der Waals surface area contributed by atoms with Crippen molar-refractivity contribution in [2.45, 2.75) is 51.2 Å². The van der Waals surface area contributed by atoms with Crippen molar-refractivity contribution in [1.29, 1.82) is 0 Å². The van der Waals surface area contributed by atoms with Crippen LogP contribution >= 0.6 is 0 Å². The van der Waals surface area contributed by atoms with Crippen molar-refractivity contribution in [3.8, 4) is 0 Å². The Morgan fingerprint density at radius 1 is 1.12 bits per heavy atom. The minimum atomic E-state index is -1.30. The Balaban J connectivity index is 0.00000363. The molecule has 0 unspecified atom stereocenters. The van der Waals surface area contributed by atoms with Crippen LogP contribution in [0.1, 0.15) is 31.4 Å². The number of aliphatic carboxylic acids is 1. The summed E-state index contributed by atoms with van der Waals surface area (Å²) in [5.41, 5.74) is 2.42. The number of amides is 1. The van der Waals surface area contributed by atoms with Crippen molar-refractivity contribution in [3.05, 3.63) is 65.7 Å². The van der Waals surface area contributed by atoms with Gasteiger partial charge in [-0.3, -0.25) is 14.9 Å². The molecule has 2 aromatic carbocycles. The fraction of sp³-hybridized carbons (Fsp3) is 0.375. The van der Waals surface area contributed by atoms with Gasteiger partial charge in [-0.2, -0.15) is 0 Å². The number of carboxylic acid groups (broad SMARTS) is 1. The number of aryl methyl sites for hydroxylation is 1. The standard InChI is InChI=1S/C24H28N2O5.Na/c1-3-31-24(30)19(14-13-17-9-5-4-6-10-17)25-16(2)22(27)26-20-12-8-7-11-18(20)15-21(26)23(28)29;/h4-12,16,19,21,25H,3,13-15H2,1-2H3,(H,28,29);/q;+1/p-1/t16-,19-,21-;/m0./s1. The minimum Gasteiger partial charge on any atom is -0.548 e. The van der Waals surface area contributed by atoms with Crippen molar-refractivity contribution in [1.82, 2.24) is 5.32 Å². The fourth-order valence-corrected chi connectivity index (χ4v) is 3.90. The van der Waals surface area contributed by atoms with Crippen LogP contribution in [0, 0.1) is 0 Å². The molecule has 1 heterocycles. The molecule has 0 radical (unpaired) electrons. The summed E-state index contributed by atoms with van der Waals surface area (Å²) in [6.07, 6.45) is 1.28. The monoisotopic (exact) mass is 446 g/mol. The van der Waals surface area contributed by atoms with E-state index in [2.05, 4.69) is 5.32 Å². The number of rotatable bonds is 9. The molecule has 0 aliphatic carbocycles. The Morgan fingerprint density at radius 3 is 2.44 bits per heavy atom. The molecule has 1 aliphatic rings. The van der Waals surface area contributed by atoms with E-state index in [1.165, 1.54) is 4.90 Å². The number of carbonyl (C=O) groups is 3. The molecular weight excluding hydrogens is 419 g/mol. The zero-order valence-electron chi connectivity index (χ0n) is 18.7. The van der Waals surface area contributed by atoms with Crippen LogP contribution in [-0.4, -0.2) is 42.6 Å². The number of hydrogen-bond acceptors (Lipinski definition) is 6. The van der Waals surface area contributed by atoms with E-state index in [1.54, 1.807) is 38.1 Å². The number of carboxylic acids is 1. The van der Waals surface area contributed by atoms with Crippen LogP contribution in [0.4, 0.5) is 5.69 Å². The SMILES string of the molecule is CCOC(=O)[C@H](CCc1ccccc1)N[C@@H](C)C(=O)N1c2ccccc2C[C@H]1C(=O)[O-].[Na+]. The summed E-state index contributed by atoms with van der Waals surface area (Å²) in [5, 5.41) is 14.7. The van der Waals surface area contributed by atoms with Gasteiger partial charge in [-0.05, 0) is 43.9 Å². The van der Waals surface area contributed by atoms with Crippen molar-refractivity contribution in [2.24, 2.45) is 0 Å². The molecule has 7 nitrogen and oxygen atoms in total. The number of esters is 1. The van der Waals surface area contributed by atoms with Crippen LogP contribution in [0.25, 0.3) is 0 Å². The van der Waals surface area contributed by atoms with Gasteiger partial charge >= 0.3 is 35.5 Å². The third-order valence-electron chi connectivity index (χ3n) is 5.44. The molecule has 0 spiro atoms. The van der Waals surface area contributed by atoms with Crippen molar-refractivity contribution in [2.75, 3.05) is 11.5 Å². The van der Waals surface area contributed by atoms with E-state index in [-0.39, 0.29) is 42.6 Å². The Bertz CT molecular complexity index is 937. The summed E-state index contributed by atoms with van der Waals surface area (Å²) in [4.78, 5) is 38.7. The molecule has 3 rings (SSSR count). The summed E-state index contributed by atoms with van der Waals surface area (Å²) in [5.74, 6) is -2.16. The van der Waals surface area contributed by atoms with Gasteiger partial charge in [0.05, 0.1) is 24.7 Å². The predicted octanol–water partition coefficient (Wildman–Crippen LogP) is -1.76. The van der Waals surface area contributed by atoms with E-state index in [9.17, 15) is 19.5 Å². The normalized spacial score (nSPS) is 16.4. The Morgan fingerprint density at radius 2 is 1.78 bits per heavy atom. The molecule has 0 fully saturated rings. The molecule has 0 saturated heterocycles. The molecular formula is C24H27N2NaO5.